The molecule has 0 aromatic rings. The Morgan fingerprint density at radius 1 is 1.40 bits per heavy atom. The summed E-state index contributed by atoms with van der Waals surface area (Å²) in [4.78, 5) is 21.8. The van der Waals surface area contributed by atoms with E-state index in [4.69, 9.17) is 10.8 Å². The molecule has 0 bridgehead atoms. The highest BCUT2D eigenvalue weighted by atomic mass is 16.4. The molecule has 1 atom stereocenters. The van der Waals surface area contributed by atoms with Gasteiger partial charge >= 0.3 is 5.97 Å². The highest BCUT2D eigenvalue weighted by molar-refractivity contribution is 5.85. The van der Waals surface area contributed by atoms with Gasteiger partial charge in [-0.1, -0.05) is 19.1 Å². The number of nitrogens with two attached hydrogens (primary N) is 1. The molecule has 1 unspecified atom stereocenters. The van der Waals surface area contributed by atoms with Gasteiger partial charge in [0.15, 0.2) is 0 Å². The SMILES string of the molecule is CC/C=C\CCC(CC(=O)CN)C(=O)O. The minimum atomic E-state index is -0.915. The Bertz CT molecular complexity index is 236. The summed E-state index contributed by atoms with van der Waals surface area (Å²) >= 11 is 0. The van der Waals surface area contributed by atoms with Gasteiger partial charge in [-0.3, -0.25) is 9.59 Å². The summed E-state index contributed by atoms with van der Waals surface area (Å²) in [6, 6.07) is 0. The van der Waals surface area contributed by atoms with E-state index in [1.54, 1.807) is 0 Å². The van der Waals surface area contributed by atoms with Gasteiger partial charge in [-0.2, -0.15) is 0 Å². The summed E-state index contributed by atoms with van der Waals surface area (Å²) in [5.74, 6) is -1.70. The number of allylic oxidation sites excluding steroid dienone is 2. The van der Waals surface area contributed by atoms with Crippen molar-refractivity contribution in [3.8, 4) is 0 Å². The molecule has 4 heteroatoms. The summed E-state index contributed by atoms with van der Waals surface area (Å²) in [5.41, 5.74) is 5.14. The lowest BCUT2D eigenvalue weighted by Gasteiger charge is -2.08. The minimum Gasteiger partial charge on any atom is -0.481 e. The van der Waals surface area contributed by atoms with Crippen LogP contribution >= 0.6 is 0 Å². The molecule has 86 valence electrons. The third-order valence-electron chi connectivity index (χ3n) is 2.14. The standard InChI is InChI=1S/C11H19NO3/c1-2-3-4-5-6-9(11(14)15)7-10(13)8-12/h3-4,9H,2,5-8,12H2,1H3,(H,14,15)/b4-3-. The van der Waals surface area contributed by atoms with E-state index in [0.29, 0.717) is 12.8 Å². The van der Waals surface area contributed by atoms with Crippen molar-refractivity contribution in [3.05, 3.63) is 12.2 Å². The molecule has 0 aliphatic rings. The Balaban J connectivity index is 3.99. The lowest BCUT2D eigenvalue weighted by molar-refractivity contribution is -0.143. The van der Waals surface area contributed by atoms with E-state index in [-0.39, 0.29) is 18.7 Å². The van der Waals surface area contributed by atoms with Gasteiger partial charge in [0, 0.05) is 6.42 Å². The predicted octanol–water partition coefficient (Wildman–Crippen LogP) is 1.35. The summed E-state index contributed by atoms with van der Waals surface area (Å²) in [6.45, 7) is 1.94. The van der Waals surface area contributed by atoms with Crippen molar-refractivity contribution in [1.29, 1.82) is 0 Å². The average Bonchev–Trinajstić information content (AvgIpc) is 2.21. The zero-order valence-electron chi connectivity index (χ0n) is 9.11. The predicted molar refractivity (Wildman–Crippen MR) is 58.5 cm³/mol. The zero-order chi connectivity index (χ0) is 11.7. The van der Waals surface area contributed by atoms with Crippen molar-refractivity contribution in [3.63, 3.8) is 0 Å². The first-order chi connectivity index (χ1) is 7.11. The highest BCUT2D eigenvalue weighted by Gasteiger charge is 2.19. The zero-order valence-corrected chi connectivity index (χ0v) is 9.11. The van der Waals surface area contributed by atoms with Crippen LogP contribution in [0.15, 0.2) is 12.2 Å². The number of Topliss-reactive ketones (excluding diaryl/α,β-unsaturated/α-hetero) is 1. The number of rotatable bonds is 8. The van der Waals surface area contributed by atoms with Crippen LogP contribution in [0.25, 0.3) is 0 Å². The summed E-state index contributed by atoms with van der Waals surface area (Å²) in [7, 11) is 0. The van der Waals surface area contributed by atoms with Gasteiger partial charge in [-0.05, 0) is 19.3 Å². The largest absolute Gasteiger partial charge is 0.481 e. The third-order valence-corrected chi connectivity index (χ3v) is 2.14. The van der Waals surface area contributed by atoms with Crippen molar-refractivity contribution in [2.45, 2.75) is 32.6 Å². The van der Waals surface area contributed by atoms with Crippen LogP contribution in [0.2, 0.25) is 0 Å². The number of carboxylic acid groups (broad SMARTS) is 1. The second-order valence-electron chi connectivity index (χ2n) is 3.44. The van der Waals surface area contributed by atoms with Crippen LogP contribution < -0.4 is 5.73 Å². The normalized spacial score (nSPS) is 12.9. The van der Waals surface area contributed by atoms with Gasteiger partial charge in [0.05, 0.1) is 12.5 Å². The van der Waals surface area contributed by atoms with Gasteiger partial charge in [0.1, 0.15) is 5.78 Å². The molecule has 0 aromatic carbocycles. The molecule has 0 rings (SSSR count). The van der Waals surface area contributed by atoms with Crippen molar-refractivity contribution >= 4 is 11.8 Å². The maximum absolute atomic E-state index is 11.0. The quantitative estimate of drug-likeness (QED) is 0.596. The van der Waals surface area contributed by atoms with Gasteiger partial charge < -0.3 is 10.8 Å². The van der Waals surface area contributed by atoms with Crippen LogP contribution in [0, 0.1) is 5.92 Å². The van der Waals surface area contributed by atoms with E-state index in [2.05, 4.69) is 0 Å². The molecule has 15 heavy (non-hydrogen) atoms. The second kappa shape index (κ2) is 8.17. The smallest absolute Gasteiger partial charge is 0.306 e. The van der Waals surface area contributed by atoms with E-state index >= 15 is 0 Å². The number of carboxylic acids is 1. The molecule has 0 saturated carbocycles. The number of hydrogen-bond acceptors (Lipinski definition) is 3. The lowest BCUT2D eigenvalue weighted by atomic mass is 9.97. The minimum absolute atomic E-state index is 0.0474. The van der Waals surface area contributed by atoms with E-state index in [1.165, 1.54) is 0 Å². The summed E-state index contributed by atoms with van der Waals surface area (Å²) < 4.78 is 0. The lowest BCUT2D eigenvalue weighted by Crippen LogP contribution is -2.22. The Kier molecular flexibility index (Phi) is 7.54. The molecule has 0 aliphatic heterocycles. The Hall–Kier alpha value is -1.16. The molecule has 0 amide bonds. The maximum Gasteiger partial charge on any atom is 0.306 e. The van der Waals surface area contributed by atoms with Crippen LogP contribution in [-0.2, 0) is 9.59 Å². The van der Waals surface area contributed by atoms with Gasteiger partial charge in [0.25, 0.3) is 0 Å². The fourth-order valence-corrected chi connectivity index (χ4v) is 1.25. The number of carbonyl (C=O) groups excluding carboxylic acids is 1. The maximum atomic E-state index is 11.0. The molecule has 3 N–H and O–H groups in total. The van der Waals surface area contributed by atoms with Crippen LogP contribution in [0.1, 0.15) is 32.6 Å². The fraction of sp³-hybridized carbons (Fsp3) is 0.636. The van der Waals surface area contributed by atoms with E-state index < -0.39 is 11.9 Å². The summed E-state index contributed by atoms with van der Waals surface area (Å²) in [5, 5.41) is 8.86. The van der Waals surface area contributed by atoms with Crippen LogP contribution in [-0.4, -0.2) is 23.4 Å². The summed E-state index contributed by atoms with van der Waals surface area (Å²) in [6.07, 6.45) is 6.12. The Morgan fingerprint density at radius 2 is 2.07 bits per heavy atom. The van der Waals surface area contributed by atoms with Crippen molar-refractivity contribution < 1.29 is 14.7 Å². The molecular formula is C11H19NO3. The third kappa shape index (κ3) is 6.85. The number of carbonyl (C=O) groups is 2. The Morgan fingerprint density at radius 3 is 2.53 bits per heavy atom. The van der Waals surface area contributed by atoms with Gasteiger partial charge in [-0.25, -0.2) is 0 Å². The molecular weight excluding hydrogens is 194 g/mol. The van der Waals surface area contributed by atoms with Crippen LogP contribution in [0.4, 0.5) is 0 Å². The molecule has 0 aliphatic carbocycles. The molecule has 0 saturated heterocycles. The number of hydrogen-bond donors (Lipinski definition) is 2. The molecule has 0 aromatic heterocycles. The van der Waals surface area contributed by atoms with Crippen molar-refractivity contribution in [2.24, 2.45) is 11.7 Å². The van der Waals surface area contributed by atoms with Crippen molar-refractivity contribution in [2.75, 3.05) is 6.54 Å². The number of aliphatic carboxylic acids is 1. The first-order valence-corrected chi connectivity index (χ1v) is 5.21. The fourth-order valence-electron chi connectivity index (χ4n) is 1.25. The van der Waals surface area contributed by atoms with Gasteiger partial charge in [-0.15, -0.1) is 0 Å². The van der Waals surface area contributed by atoms with Crippen LogP contribution in [0.5, 0.6) is 0 Å². The highest BCUT2D eigenvalue weighted by Crippen LogP contribution is 2.12. The first kappa shape index (κ1) is 13.8. The number of ketones is 1. The Labute approximate surface area is 90.2 Å². The van der Waals surface area contributed by atoms with E-state index in [1.807, 2.05) is 19.1 Å². The average molecular weight is 213 g/mol. The molecule has 4 nitrogen and oxygen atoms in total. The van der Waals surface area contributed by atoms with Crippen molar-refractivity contribution in [1.82, 2.24) is 0 Å². The first-order valence-electron chi connectivity index (χ1n) is 5.21. The van der Waals surface area contributed by atoms with E-state index in [9.17, 15) is 9.59 Å². The van der Waals surface area contributed by atoms with Gasteiger partial charge in [0.2, 0.25) is 0 Å². The molecule has 0 radical (unpaired) electrons. The van der Waals surface area contributed by atoms with Crippen LogP contribution in [0.3, 0.4) is 0 Å². The molecule has 0 fully saturated rings. The topological polar surface area (TPSA) is 80.4 Å². The molecule has 0 spiro atoms. The second-order valence-corrected chi connectivity index (χ2v) is 3.44. The van der Waals surface area contributed by atoms with E-state index in [0.717, 1.165) is 6.42 Å². The molecule has 0 heterocycles. The monoisotopic (exact) mass is 213 g/mol.